The van der Waals surface area contributed by atoms with Gasteiger partial charge >= 0.3 is 5.97 Å². The highest BCUT2D eigenvalue weighted by Gasteiger charge is 2.17. The number of hydrogen-bond acceptors (Lipinski definition) is 4. The van der Waals surface area contributed by atoms with Gasteiger partial charge in [-0.2, -0.15) is 0 Å². The molecule has 0 amide bonds. The minimum atomic E-state index is -0.321. The molecular weight excluding hydrogens is 200 g/mol. The van der Waals surface area contributed by atoms with E-state index in [-0.39, 0.29) is 5.97 Å². The van der Waals surface area contributed by atoms with E-state index in [9.17, 15) is 4.79 Å². The molecule has 0 unspecified atom stereocenters. The second-order valence-corrected chi connectivity index (χ2v) is 3.82. The number of ether oxygens (including phenoxy) is 2. The van der Waals surface area contributed by atoms with Crippen LogP contribution >= 0.6 is 11.3 Å². The third kappa shape index (κ3) is 2.26. The van der Waals surface area contributed by atoms with E-state index >= 15 is 0 Å². The van der Waals surface area contributed by atoms with Crippen LogP contribution in [0.5, 0.6) is 5.75 Å². The molecule has 0 saturated heterocycles. The lowest BCUT2D eigenvalue weighted by atomic mass is 10.3. The molecule has 14 heavy (non-hydrogen) atoms. The molecule has 0 N–H and O–H groups in total. The van der Waals surface area contributed by atoms with Crippen LogP contribution in [0.2, 0.25) is 0 Å². The van der Waals surface area contributed by atoms with Gasteiger partial charge in [0.25, 0.3) is 0 Å². The molecule has 0 spiro atoms. The molecule has 1 aromatic rings. The maximum atomic E-state index is 11.3. The lowest BCUT2D eigenvalue weighted by Gasteiger charge is -2.01. The zero-order valence-corrected chi connectivity index (χ0v) is 9.44. The Hall–Kier alpha value is -1.03. The summed E-state index contributed by atoms with van der Waals surface area (Å²) in [5.41, 5.74) is 0. The van der Waals surface area contributed by atoms with Crippen molar-refractivity contribution in [2.24, 2.45) is 0 Å². The standard InChI is InChI=1S/C10H14O3S/c1-4-7-6-8(13-5-2)9(14-7)10(11)12-3/h6H,4-5H2,1-3H3. The number of methoxy groups -OCH3 is 1. The first kappa shape index (κ1) is 11.0. The SMILES string of the molecule is CCOc1cc(CC)sc1C(=O)OC. The molecule has 0 atom stereocenters. The summed E-state index contributed by atoms with van der Waals surface area (Å²) in [5, 5.41) is 0. The molecule has 0 bridgehead atoms. The summed E-state index contributed by atoms with van der Waals surface area (Å²) in [4.78, 5) is 13.0. The Morgan fingerprint density at radius 2 is 2.21 bits per heavy atom. The van der Waals surface area contributed by atoms with Gasteiger partial charge in [-0.3, -0.25) is 0 Å². The number of rotatable bonds is 4. The molecule has 0 radical (unpaired) electrons. The molecule has 0 aliphatic carbocycles. The second kappa shape index (κ2) is 5.00. The van der Waals surface area contributed by atoms with Crippen LogP contribution in [0.25, 0.3) is 0 Å². The van der Waals surface area contributed by atoms with Gasteiger partial charge in [0.05, 0.1) is 13.7 Å². The Kier molecular flexibility index (Phi) is 3.95. The van der Waals surface area contributed by atoms with Crippen LogP contribution in [0, 0.1) is 0 Å². The molecular formula is C10H14O3S. The number of thiophene rings is 1. The topological polar surface area (TPSA) is 35.5 Å². The maximum Gasteiger partial charge on any atom is 0.351 e. The van der Waals surface area contributed by atoms with Crippen molar-refractivity contribution in [3.05, 3.63) is 15.8 Å². The minimum Gasteiger partial charge on any atom is -0.492 e. The van der Waals surface area contributed by atoms with Gasteiger partial charge in [-0.05, 0) is 19.4 Å². The van der Waals surface area contributed by atoms with E-state index in [2.05, 4.69) is 4.74 Å². The van der Waals surface area contributed by atoms with E-state index in [0.29, 0.717) is 17.2 Å². The van der Waals surface area contributed by atoms with Crippen LogP contribution in [0.1, 0.15) is 28.4 Å². The number of aryl methyl sites for hydroxylation is 1. The van der Waals surface area contributed by atoms with Crippen LogP contribution in [0.3, 0.4) is 0 Å². The Bertz CT molecular complexity index is 317. The summed E-state index contributed by atoms with van der Waals surface area (Å²) in [7, 11) is 1.38. The van der Waals surface area contributed by atoms with E-state index in [1.54, 1.807) is 0 Å². The van der Waals surface area contributed by atoms with Gasteiger partial charge in [0, 0.05) is 4.88 Å². The molecule has 0 aliphatic rings. The van der Waals surface area contributed by atoms with Crippen molar-refractivity contribution in [1.82, 2.24) is 0 Å². The zero-order chi connectivity index (χ0) is 10.6. The first-order chi connectivity index (χ1) is 6.72. The molecule has 1 aromatic heterocycles. The van der Waals surface area contributed by atoms with Gasteiger partial charge in [-0.15, -0.1) is 11.3 Å². The molecule has 3 nitrogen and oxygen atoms in total. The van der Waals surface area contributed by atoms with Crippen molar-refractivity contribution in [3.8, 4) is 5.75 Å². The van der Waals surface area contributed by atoms with Gasteiger partial charge in [0.15, 0.2) is 4.88 Å². The molecule has 78 valence electrons. The summed E-state index contributed by atoms with van der Waals surface area (Å²) in [6.07, 6.45) is 0.904. The molecule has 0 saturated carbocycles. The van der Waals surface area contributed by atoms with Gasteiger partial charge in [0.2, 0.25) is 0 Å². The van der Waals surface area contributed by atoms with Crippen molar-refractivity contribution < 1.29 is 14.3 Å². The normalized spacial score (nSPS) is 9.93. The highest BCUT2D eigenvalue weighted by Crippen LogP contribution is 2.30. The molecule has 0 fully saturated rings. The Morgan fingerprint density at radius 3 is 2.71 bits per heavy atom. The molecule has 0 aromatic carbocycles. The summed E-state index contributed by atoms with van der Waals surface area (Å²) in [5.74, 6) is 0.319. The Balaban J connectivity index is 2.99. The lowest BCUT2D eigenvalue weighted by molar-refractivity contribution is 0.0602. The monoisotopic (exact) mass is 214 g/mol. The number of carbonyl (C=O) groups excluding carboxylic acids is 1. The van der Waals surface area contributed by atoms with Crippen LogP contribution in [0.4, 0.5) is 0 Å². The van der Waals surface area contributed by atoms with Crippen molar-refractivity contribution in [1.29, 1.82) is 0 Å². The fourth-order valence-electron chi connectivity index (χ4n) is 1.09. The third-order valence-electron chi connectivity index (χ3n) is 1.77. The van der Waals surface area contributed by atoms with E-state index in [1.165, 1.54) is 18.4 Å². The molecule has 4 heteroatoms. The van der Waals surface area contributed by atoms with Gasteiger partial charge in [-0.1, -0.05) is 6.92 Å². The number of hydrogen-bond donors (Lipinski definition) is 0. The smallest absolute Gasteiger partial charge is 0.351 e. The molecule has 1 rings (SSSR count). The average Bonchev–Trinajstić information content (AvgIpc) is 2.61. The first-order valence-corrected chi connectivity index (χ1v) is 5.38. The minimum absolute atomic E-state index is 0.321. The zero-order valence-electron chi connectivity index (χ0n) is 8.62. The first-order valence-electron chi connectivity index (χ1n) is 4.56. The van der Waals surface area contributed by atoms with Gasteiger partial charge < -0.3 is 9.47 Å². The largest absolute Gasteiger partial charge is 0.492 e. The highest BCUT2D eigenvalue weighted by atomic mass is 32.1. The van der Waals surface area contributed by atoms with Crippen LogP contribution in [0.15, 0.2) is 6.07 Å². The summed E-state index contributed by atoms with van der Waals surface area (Å²) < 4.78 is 10.0. The van der Waals surface area contributed by atoms with E-state index in [0.717, 1.165) is 11.3 Å². The lowest BCUT2D eigenvalue weighted by Crippen LogP contribution is -2.01. The predicted octanol–water partition coefficient (Wildman–Crippen LogP) is 2.50. The van der Waals surface area contributed by atoms with Crippen molar-refractivity contribution >= 4 is 17.3 Å². The van der Waals surface area contributed by atoms with Crippen LogP contribution < -0.4 is 4.74 Å². The summed E-state index contributed by atoms with van der Waals surface area (Å²) in [6.45, 7) is 4.50. The molecule has 0 aliphatic heterocycles. The van der Waals surface area contributed by atoms with Crippen LogP contribution in [-0.4, -0.2) is 19.7 Å². The fourth-order valence-corrected chi connectivity index (χ4v) is 2.05. The molecule has 1 heterocycles. The van der Waals surface area contributed by atoms with E-state index in [1.807, 2.05) is 19.9 Å². The van der Waals surface area contributed by atoms with Crippen molar-refractivity contribution in [3.63, 3.8) is 0 Å². The van der Waals surface area contributed by atoms with E-state index < -0.39 is 0 Å². The number of carbonyl (C=O) groups is 1. The van der Waals surface area contributed by atoms with Crippen molar-refractivity contribution in [2.75, 3.05) is 13.7 Å². The summed E-state index contributed by atoms with van der Waals surface area (Å²) in [6, 6.07) is 1.90. The quantitative estimate of drug-likeness (QED) is 0.722. The predicted molar refractivity (Wildman–Crippen MR) is 56.2 cm³/mol. The fraction of sp³-hybridized carbons (Fsp3) is 0.500. The van der Waals surface area contributed by atoms with Gasteiger partial charge in [0.1, 0.15) is 5.75 Å². The van der Waals surface area contributed by atoms with Crippen molar-refractivity contribution in [2.45, 2.75) is 20.3 Å². The number of esters is 1. The van der Waals surface area contributed by atoms with Crippen LogP contribution in [-0.2, 0) is 11.2 Å². The summed E-state index contributed by atoms with van der Waals surface area (Å²) >= 11 is 1.43. The van der Waals surface area contributed by atoms with Gasteiger partial charge in [-0.25, -0.2) is 4.79 Å². The third-order valence-corrected chi connectivity index (χ3v) is 3.01. The van der Waals surface area contributed by atoms with E-state index in [4.69, 9.17) is 4.74 Å². The second-order valence-electron chi connectivity index (χ2n) is 2.68. The highest BCUT2D eigenvalue weighted by molar-refractivity contribution is 7.14. The maximum absolute atomic E-state index is 11.3. The average molecular weight is 214 g/mol. The Morgan fingerprint density at radius 1 is 1.50 bits per heavy atom. The Labute approximate surface area is 87.7 Å².